The van der Waals surface area contributed by atoms with Crippen LogP contribution in [0.1, 0.15) is 6.92 Å². The summed E-state index contributed by atoms with van der Waals surface area (Å²) >= 11 is 0. The van der Waals surface area contributed by atoms with Crippen LogP contribution in [0.3, 0.4) is 0 Å². The van der Waals surface area contributed by atoms with E-state index >= 15 is 0 Å². The summed E-state index contributed by atoms with van der Waals surface area (Å²) in [4.78, 5) is 10.8. The summed E-state index contributed by atoms with van der Waals surface area (Å²) in [5, 5.41) is 27.4. The van der Waals surface area contributed by atoms with Crippen molar-refractivity contribution in [2.24, 2.45) is 0 Å². The minimum Gasteiger partial charge on any atom is -0.388 e. The molecular formula is C7H12O5. The number of ketones is 1. The van der Waals surface area contributed by atoms with Crippen LogP contribution in [0.5, 0.6) is 0 Å². The van der Waals surface area contributed by atoms with E-state index in [0.717, 1.165) is 0 Å². The van der Waals surface area contributed by atoms with Gasteiger partial charge in [-0.2, -0.15) is 0 Å². The molecule has 1 aliphatic heterocycles. The van der Waals surface area contributed by atoms with Crippen LogP contribution in [0.4, 0.5) is 0 Å². The minimum absolute atomic E-state index is 0.123. The van der Waals surface area contributed by atoms with E-state index in [1.54, 1.807) is 0 Å². The van der Waals surface area contributed by atoms with Gasteiger partial charge in [-0.15, -0.1) is 0 Å². The molecule has 70 valence electrons. The molecule has 0 aromatic heterocycles. The summed E-state index contributed by atoms with van der Waals surface area (Å²) in [5.41, 5.74) is 0. The van der Waals surface area contributed by atoms with E-state index in [1.165, 1.54) is 6.92 Å². The topological polar surface area (TPSA) is 87.0 Å². The molecule has 12 heavy (non-hydrogen) atoms. The molecule has 1 saturated heterocycles. The molecule has 1 heterocycles. The highest BCUT2D eigenvalue weighted by atomic mass is 16.5. The van der Waals surface area contributed by atoms with Crippen LogP contribution >= 0.6 is 0 Å². The van der Waals surface area contributed by atoms with Crippen molar-refractivity contribution in [3.05, 3.63) is 0 Å². The highest BCUT2D eigenvalue weighted by molar-refractivity contribution is 5.81. The van der Waals surface area contributed by atoms with Crippen molar-refractivity contribution in [1.82, 2.24) is 0 Å². The molecule has 3 N–H and O–H groups in total. The second-order valence-corrected chi connectivity index (χ2v) is 2.91. The lowest BCUT2D eigenvalue weighted by Crippen LogP contribution is -2.55. The third-order valence-electron chi connectivity index (χ3n) is 1.90. The van der Waals surface area contributed by atoms with Crippen LogP contribution in [-0.4, -0.2) is 52.1 Å². The molecule has 0 aromatic carbocycles. The molecule has 0 saturated carbocycles. The molecule has 0 radical (unpaired) electrons. The van der Waals surface area contributed by atoms with Crippen molar-refractivity contribution in [2.45, 2.75) is 31.3 Å². The average molecular weight is 176 g/mol. The van der Waals surface area contributed by atoms with Gasteiger partial charge in [-0.1, -0.05) is 0 Å². The second kappa shape index (κ2) is 3.49. The summed E-state index contributed by atoms with van der Waals surface area (Å²) in [5.74, 6) is -0.353. The summed E-state index contributed by atoms with van der Waals surface area (Å²) < 4.78 is 4.82. The first-order valence-corrected chi connectivity index (χ1v) is 3.70. The molecule has 5 nitrogen and oxygen atoms in total. The third kappa shape index (κ3) is 1.64. The Morgan fingerprint density at radius 2 is 1.92 bits per heavy atom. The van der Waals surface area contributed by atoms with Crippen LogP contribution in [0.25, 0.3) is 0 Å². The van der Waals surface area contributed by atoms with Crippen molar-refractivity contribution in [2.75, 3.05) is 6.61 Å². The van der Waals surface area contributed by atoms with Crippen molar-refractivity contribution in [1.29, 1.82) is 0 Å². The first-order valence-electron chi connectivity index (χ1n) is 3.70. The summed E-state index contributed by atoms with van der Waals surface area (Å²) in [6.07, 6.45) is -4.75. The Morgan fingerprint density at radius 3 is 2.42 bits per heavy atom. The first-order chi connectivity index (χ1) is 5.54. The Balaban J connectivity index is 2.65. The number of rotatable bonds is 1. The number of ether oxygens (including phenoxy) is 1. The highest BCUT2D eigenvalue weighted by Gasteiger charge is 2.39. The van der Waals surface area contributed by atoms with E-state index in [0.29, 0.717) is 0 Å². The van der Waals surface area contributed by atoms with E-state index < -0.39 is 24.4 Å². The van der Waals surface area contributed by atoms with Gasteiger partial charge in [-0.3, -0.25) is 4.79 Å². The van der Waals surface area contributed by atoms with E-state index in [4.69, 9.17) is 14.9 Å². The van der Waals surface area contributed by atoms with E-state index in [-0.39, 0.29) is 12.4 Å². The van der Waals surface area contributed by atoms with Crippen molar-refractivity contribution >= 4 is 5.78 Å². The minimum atomic E-state index is -1.33. The lowest BCUT2D eigenvalue weighted by molar-refractivity contribution is -0.189. The highest BCUT2D eigenvalue weighted by Crippen LogP contribution is 2.15. The normalized spacial score (nSPS) is 42.7. The molecule has 0 aliphatic carbocycles. The third-order valence-corrected chi connectivity index (χ3v) is 1.90. The van der Waals surface area contributed by atoms with Crippen molar-refractivity contribution in [3.63, 3.8) is 0 Å². The number of aliphatic hydroxyl groups excluding tert-OH is 3. The fraction of sp³-hybridized carbons (Fsp3) is 0.857. The average Bonchev–Trinajstić information content (AvgIpc) is 2.00. The van der Waals surface area contributed by atoms with Gasteiger partial charge in [-0.05, 0) is 6.92 Å². The predicted octanol–water partition coefficient (Wildman–Crippen LogP) is -1.94. The number of carbonyl (C=O) groups is 1. The standard InChI is InChI=1S/C7H12O5/c1-3(8)7-6(11)5(10)4(9)2-12-7/h4-7,9-11H,2H2,1H3/t4-,5+,6-,7+/m1/s1. The van der Waals surface area contributed by atoms with Crippen LogP contribution < -0.4 is 0 Å². The number of hydrogen-bond donors (Lipinski definition) is 3. The summed E-state index contributed by atoms with van der Waals surface area (Å²) in [6.45, 7) is 1.14. The Hall–Kier alpha value is -0.490. The zero-order valence-electron chi connectivity index (χ0n) is 6.67. The quantitative estimate of drug-likeness (QED) is 0.432. The predicted molar refractivity (Wildman–Crippen MR) is 38.4 cm³/mol. The van der Waals surface area contributed by atoms with Crippen molar-refractivity contribution < 1.29 is 24.9 Å². The fourth-order valence-electron chi connectivity index (χ4n) is 1.16. The van der Waals surface area contributed by atoms with Gasteiger partial charge < -0.3 is 20.1 Å². The lowest BCUT2D eigenvalue weighted by Gasteiger charge is -2.33. The molecule has 4 atom stereocenters. The van der Waals surface area contributed by atoms with E-state index in [2.05, 4.69) is 0 Å². The first kappa shape index (κ1) is 9.60. The van der Waals surface area contributed by atoms with Gasteiger partial charge in [0, 0.05) is 0 Å². The molecular weight excluding hydrogens is 164 g/mol. The maximum atomic E-state index is 10.8. The molecule has 1 fully saturated rings. The monoisotopic (exact) mass is 176 g/mol. The number of carbonyl (C=O) groups excluding carboxylic acids is 1. The van der Waals surface area contributed by atoms with Gasteiger partial charge in [-0.25, -0.2) is 0 Å². The van der Waals surface area contributed by atoms with Gasteiger partial charge >= 0.3 is 0 Å². The maximum Gasteiger partial charge on any atom is 0.161 e. The van der Waals surface area contributed by atoms with Gasteiger partial charge in [0.2, 0.25) is 0 Å². The molecule has 0 spiro atoms. The number of hydrogen-bond acceptors (Lipinski definition) is 5. The Kier molecular flexibility index (Phi) is 2.79. The van der Waals surface area contributed by atoms with E-state index in [9.17, 15) is 9.90 Å². The molecule has 0 bridgehead atoms. The SMILES string of the molecule is CC(=O)[C@@H]1OC[C@@H](O)[C@H](O)[C@H]1O. The molecule has 0 aromatic rings. The van der Waals surface area contributed by atoms with Crippen LogP contribution in [0, 0.1) is 0 Å². The van der Waals surface area contributed by atoms with Crippen LogP contribution in [0.15, 0.2) is 0 Å². The Bertz CT molecular complexity index is 181. The Morgan fingerprint density at radius 1 is 1.33 bits per heavy atom. The number of Topliss-reactive ketones (excluding diaryl/α,β-unsaturated/α-hetero) is 1. The van der Waals surface area contributed by atoms with Crippen LogP contribution in [-0.2, 0) is 9.53 Å². The molecule has 0 unspecified atom stereocenters. The number of aliphatic hydroxyl groups is 3. The molecule has 5 heteroatoms. The largest absolute Gasteiger partial charge is 0.388 e. The Labute approximate surface area is 69.6 Å². The van der Waals surface area contributed by atoms with Gasteiger partial charge in [0.15, 0.2) is 5.78 Å². The van der Waals surface area contributed by atoms with Gasteiger partial charge in [0.25, 0.3) is 0 Å². The van der Waals surface area contributed by atoms with Crippen molar-refractivity contribution in [3.8, 4) is 0 Å². The smallest absolute Gasteiger partial charge is 0.161 e. The summed E-state index contributed by atoms with van der Waals surface area (Å²) in [7, 11) is 0. The zero-order chi connectivity index (χ0) is 9.30. The van der Waals surface area contributed by atoms with E-state index in [1.807, 2.05) is 0 Å². The molecule has 1 rings (SSSR count). The van der Waals surface area contributed by atoms with Gasteiger partial charge in [0.1, 0.15) is 24.4 Å². The fourth-order valence-corrected chi connectivity index (χ4v) is 1.16. The molecule has 0 amide bonds. The molecule has 1 aliphatic rings. The maximum absolute atomic E-state index is 10.8. The second-order valence-electron chi connectivity index (χ2n) is 2.91. The summed E-state index contributed by atoms with van der Waals surface area (Å²) in [6, 6.07) is 0. The van der Waals surface area contributed by atoms with Gasteiger partial charge in [0.05, 0.1) is 6.61 Å². The lowest BCUT2D eigenvalue weighted by atomic mass is 9.98. The zero-order valence-corrected chi connectivity index (χ0v) is 6.67. The van der Waals surface area contributed by atoms with Crippen LogP contribution in [0.2, 0.25) is 0 Å².